The maximum absolute atomic E-state index is 11.7. The number of rotatable bonds is 2. The van der Waals surface area contributed by atoms with Crippen molar-refractivity contribution in [2.75, 3.05) is 32.1 Å². The van der Waals surface area contributed by atoms with Gasteiger partial charge in [-0.1, -0.05) is 6.92 Å². The Kier molecular flexibility index (Phi) is 3.36. The van der Waals surface area contributed by atoms with E-state index in [-0.39, 0.29) is 5.91 Å². The maximum Gasteiger partial charge on any atom is 0.253 e. The number of benzene rings is 1. The van der Waals surface area contributed by atoms with Gasteiger partial charge >= 0.3 is 0 Å². The van der Waals surface area contributed by atoms with Crippen molar-refractivity contribution >= 4 is 11.6 Å². The number of anilines is 1. The molecule has 0 spiro atoms. The Morgan fingerprint density at radius 1 is 1.29 bits per heavy atom. The topological polar surface area (TPSA) is 23.6 Å². The summed E-state index contributed by atoms with van der Waals surface area (Å²) < 4.78 is 0. The zero-order valence-corrected chi connectivity index (χ0v) is 10.8. The molecular formula is C14H20N2O. The summed E-state index contributed by atoms with van der Waals surface area (Å²) >= 11 is 0. The van der Waals surface area contributed by atoms with Gasteiger partial charge in [0.15, 0.2) is 0 Å². The van der Waals surface area contributed by atoms with Crippen LogP contribution in [0.5, 0.6) is 0 Å². The van der Waals surface area contributed by atoms with Gasteiger partial charge in [0.05, 0.1) is 0 Å². The third kappa shape index (κ3) is 2.60. The lowest BCUT2D eigenvalue weighted by molar-refractivity contribution is 0.0827. The van der Waals surface area contributed by atoms with Gasteiger partial charge in [-0.2, -0.15) is 0 Å². The Morgan fingerprint density at radius 2 is 1.94 bits per heavy atom. The van der Waals surface area contributed by atoms with E-state index in [1.54, 1.807) is 19.0 Å². The molecule has 1 saturated heterocycles. The van der Waals surface area contributed by atoms with Crippen LogP contribution in [0.15, 0.2) is 24.3 Å². The number of carbonyl (C=O) groups is 1. The second-order valence-corrected chi connectivity index (χ2v) is 5.09. The highest BCUT2D eigenvalue weighted by Gasteiger charge is 2.19. The quantitative estimate of drug-likeness (QED) is 0.780. The Morgan fingerprint density at radius 3 is 2.41 bits per heavy atom. The maximum atomic E-state index is 11.7. The lowest BCUT2D eigenvalue weighted by Gasteiger charge is -2.18. The molecule has 1 aliphatic rings. The Hall–Kier alpha value is -1.51. The SMILES string of the molecule is CC1CCN(c2ccc(C(=O)N(C)C)cc2)C1. The zero-order chi connectivity index (χ0) is 12.4. The van der Waals surface area contributed by atoms with E-state index in [2.05, 4.69) is 24.0 Å². The molecule has 1 atom stereocenters. The normalized spacial score (nSPS) is 19.5. The molecule has 1 heterocycles. The van der Waals surface area contributed by atoms with E-state index in [0.29, 0.717) is 0 Å². The minimum atomic E-state index is 0.0614. The molecule has 92 valence electrons. The van der Waals surface area contributed by atoms with Crippen molar-refractivity contribution in [2.45, 2.75) is 13.3 Å². The first-order chi connectivity index (χ1) is 8.08. The van der Waals surface area contributed by atoms with Crippen LogP contribution in [0.1, 0.15) is 23.7 Å². The van der Waals surface area contributed by atoms with Gasteiger partial charge < -0.3 is 9.80 Å². The van der Waals surface area contributed by atoms with Crippen LogP contribution in [0.3, 0.4) is 0 Å². The molecule has 0 radical (unpaired) electrons. The Labute approximate surface area is 103 Å². The van der Waals surface area contributed by atoms with Crippen LogP contribution >= 0.6 is 0 Å². The summed E-state index contributed by atoms with van der Waals surface area (Å²) in [6.45, 7) is 4.53. The third-order valence-electron chi connectivity index (χ3n) is 3.31. The molecule has 0 aromatic heterocycles. The molecule has 3 nitrogen and oxygen atoms in total. The van der Waals surface area contributed by atoms with Crippen LogP contribution in [0.25, 0.3) is 0 Å². The highest BCUT2D eigenvalue weighted by Crippen LogP contribution is 2.23. The van der Waals surface area contributed by atoms with Gasteiger partial charge in [-0.3, -0.25) is 4.79 Å². The number of carbonyl (C=O) groups excluding carboxylic acids is 1. The molecule has 0 aliphatic carbocycles. The molecule has 1 unspecified atom stereocenters. The van der Waals surface area contributed by atoms with Crippen LogP contribution in [-0.4, -0.2) is 38.0 Å². The van der Waals surface area contributed by atoms with E-state index < -0.39 is 0 Å². The van der Waals surface area contributed by atoms with Gasteiger partial charge in [-0.05, 0) is 36.6 Å². The van der Waals surface area contributed by atoms with Crippen LogP contribution in [0, 0.1) is 5.92 Å². The lowest BCUT2D eigenvalue weighted by atomic mass is 10.1. The lowest BCUT2D eigenvalue weighted by Crippen LogP contribution is -2.22. The molecule has 17 heavy (non-hydrogen) atoms. The largest absolute Gasteiger partial charge is 0.371 e. The van der Waals surface area contributed by atoms with E-state index in [1.807, 2.05) is 12.1 Å². The predicted octanol–water partition coefficient (Wildman–Crippen LogP) is 2.23. The molecule has 1 fully saturated rings. The van der Waals surface area contributed by atoms with Gasteiger partial charge in [-0.15, -0.1) is 0 Å². The summed E-state index contributed by atoms with van der Waals surface area (Å²) in [6.07, 6.45) is 1.26. The summed E-state index contributed by atoms with van der Waals surface area (Å²) in [5.41, 5.74) is 1.98. The van der Waals surface area contributed by atoms with Crippen molar-refractivity contribution in [3.63, 3.8) is 0 Å². The van der Waals surface area contributed by atoms with Crippen molar-refractivity contribution in [1.82, 2.24) is 4.90 Å². The van der Waals surface area contributed by atoms with Crippen molar-refractivity contribution in [3.05, 3.63) is 29.8 Å². The van der Waals surface area contributed by atoms with Crippen molar-refractivity contribution in [1.29, 1.82) is 0 Å². The molecule has 1 aliphatic heterocycles. The molecule has 1 amide bonds. The van der Waals surface area contributed by atoms with E-state index in [4.69, 9.17) is 0 Å². The summed E-state index contributed by atoms with van der Waals surface area (Å²) in [5.74, 6) is 0.837. The number of amides is 1. The Bertz CT molecular complexity index is 397. The second-order valence-electron chi connectivity index (χ2n) is 5.09. The molecule has 3 heteroatoms. The highest BCUT2D eigenvalue weighted by molar-refractivity contribution is 5.94. The van der Waals surface area contributed by atoms with Crippen LogP contribution < -0.4 is 4.90 Å². The van der Waals surface area contributed by atoms with Crippen molar-refractivity contribution < 1.29 is 4.79 Å². The minimum absolute atomic E-state index is 0.0614. The first-order valence-electron chi connectivity index (χ1n) is 6.14. The van der Waals surface area contributed by atoms with Gasteiger partial charge in [0, 0.05) is 38.4 Å². The molecular weight excluding hydrogens is 212 g/mol. The molecule has 0 N–H and O–H groups in total. The highest BCUT2D eigenvalue weighted by atomic mass is 16.2. The summed E-state index contributed by atoms with van der Waals surface area (Å²) in [4.78, 5) is 15.7. The molecule has 1 aromatic carbocycles. The molecule has 0 saturated carbocycles. The number of nitrogens with zero attached hydrogens (tertiary/aromatic N) is 2. The first kappa shape index (κ1) is 12.0. The van der Waals surface area contributed by atoms with Crippen LogP contribution in [0.4, 0.5) is 5.69 Å². The fourth-order valence-corrected chi connectivity index (χ4v) is 2.24. The van der Waals surface area contributed by atoms with E-state index in [1.165, 1.54) is 12.1 Å². The summed E-state index contributed by atoms with van der Waals surface area (Å²) in [5, 5.41) is 0. The van der Waals surface area contributed by atoms with Gasteiger partial charge in [0.25, 0.3) is 5.91 Å². The van der Waals surface area contributed by atoms with Gasteiger partial charge in [-0.25, -0.2) is 0 Å². The average Bonchev–Trinajstić information content (AvgIpc) is 2.75. The fourth-order valence-electron chi connectivity index (χ4n) is 2.24. The summed E-state index contributed by atoms with van der Waals surface area (Å²) in [7, 11) is 3.55. The smallest absolute Gasteiger partial charge is 0.253 e. The average molecular weight is 232 g/mol. The number of hydrogen-bond acceptors (Lipinski definition) is 2. The third-order valence-corrected chi connectivity index (χ3v) is 3.31. The second kappa shape index (κ2) is 4.78. The standard InChI is InChI=1S/C14H20N2O/c1-11-8-9-16(10-11)13-6-4-12(5-7-13)14(17)15(2)3/h4-7,11H,8-10H2,1-3H3. The minimum Gasteiger partial charge on any atom is -0.371 e. The van der Waals surface area contributed by atoms with Gasteiger partial charge in [0.1, 0.15) is 0 Å². The molecule has 0 bridgehead atoms. The van der Waals surface area contributed by atoms with Crippen molar-refractivity contribution in [3.8, 4) is 0 Å². The Balaban J connectivity index is 2.10. The zero-order valence-electron chi connectivity index (χ0n) is 10.8. The summed E-state index contributed by atoms with van der Waals surface area (Å²) in [6, 6.07) is 7.94. The fraction of sp³-hybridized carbons (Fsp3) is 0.500. The van der Waals surface area contributed by atoms with Crippen molar-refractivity contribution in [2.24, 2.45) is 5.92 Å². The number of hydrogen-bond donors (Lipinski definition) is 0. The van der Waals surface area contributed by atoms with Crippen LogP contribution in [-0.2, 0) is 0 Å². The molecule has 2 rings (SSSR count). The first-order valence-corrected chi connectivity index (χ1v) is 6.14. The molecule has 1 aromatic rings. The monoisotopic (exact) mass is 232 g/mol. The van der Waals surface area contributed by atoms with E-state index in [9.17, 15) is 4.79 Å². The van der Waals surface area contributed by atoms with E-state index in [0.717, 1.165) is 24.6 Å². The van der Waals surface area contributed by atoms with E-state index >= 15 is 0 Å². The van der Waals surface area contributed by atoms with Crippen LogP contribution in [0.2, 0.25) is 0 Å². The predicted molar refractivity (Wildman–Crippen MR) is 70.5 cm³/mol. The van der Waals surface area contributed by atoms with Gasteiger partial charge in [0.2, 0.25) is 0 Å².